The molecule has 13 heteroatoms. The Labute approximate surface area is 362 Å². The number of hydrogen-bond acceptors (Lipinski definition) is 6. The smallest absolute Gasteiger partial charge is 0.219 e. The lowest BCUT2D eigenvalue weighted by Gasteiger charge is -2.36. The van der Waals surface area contributed by atoms with E-state index in [2.05, 4.69) is 77.8 Å². The van der Waals surface area contributed by atoms with Gasteiger partial charge < -0.3 is 35.1 Å². The molecule has 316 valence electrons. The molecule has 0 radical (unpaired) electrons. The quantitative estimate of drug-likeness (QED) is 0.0764. The molecule has 2 amide bonds. The molecular formula is C44H66Cl4N7O2+. The highest BCUT2D eigenvalue weighted by Crippen LogP contribution is 2.47. The van der Waals surface area contributed by atoms with E-state index in [1.54, 1.807) is 0 Å². The first-order valence-corrected chi connectivity index (χ1v) is 22.8. The van der Waals surface area contributed by atoms with Crippen molar-refractivity contribution in [2.24, 2.45) is 5.73 Å². The van der Waals surface area contributed by atoms with Crippen molar-refractivity contribution in [2.45, 2.75) is 111 Å². The zero-order valence-corrected chi connectivity index (χ0v) is 37.9. The molecule has 0 saturated carbocycles. The largest absolute Gasteiger partial charge is 0.370 e. The molecule has 4 rings (SSSR count). The monoisotopic (exact) mass is 864 g/mol. The van der Waals surface area contributed by atoms with Gasteiger partial charge in [0.1, 0.15) is 12.0 Å². The zero-order chi connectivity index (χ0) is 41.5. The minimum atomic E-state index is -0.277. The first-order chi connectivity index (χ1) is 27.4. The number of fused-ring (bicyclic) bond motifs is 2. The Balaban J connectivity index is 1.48. The van der Waals surface area contributed by atoms with Crippen LogP contribution in [0.25, 0.3) is 0 Å². The molecule has 57 heavy (non-hydrogen) atoms. The molecule has 3 N–H and O–H groups in total. The number of hydrogen-bond donors (Lipinski definition) is 2. The average Bonchev–Trinajstić information content (AvgIpc) is 3.63. The number of nitrogens with two attached hydrogens (primary N) is 1. The highest BCUT2D eigenvalue weighted by Gasteiger charge is 2.35. The van der Waals surface area contributed by atoms with Crippen molar-refractivity contribution in [3.8, 4) is 0 Å². The number of anilines is 4. The van der Waals surface area contributed by atoms with E-state index in [1.807, 2.05) is 24.3 Å². The second-order valence-corrected chi connectivity index (χ2v) is 16.8. The highest BCUT2D eigenvalue weighted by atomic mass is 35.5. The van der Waals surface area contributed by atoms with Gasteiger partial charge in [-0.2, -0.15) is 0 Å². The minimum absolute atomic E-state index is 0.0421. The lowest BCUT2D eigenvalue weighted by Crippen LogP contribution is -2.48. The van der Waals surface area contributed by atoms with E-state index in [4.69, 9.17) is 52.1 Å². The third kappa shape index (κ3) is 12.4. The van der Waals surface area contributed by atoms with Crippen LogP contribution in [-0.4, -0.2) is 81.4 Å². The molecule has 0 spiro atoms. The van der Waals surface area contributed by atoms with Gasteiger partial charge in [0.15, 0.2) is 0 Å². The molecule has 2 aromatic carbocycles. The summed E-state index contributed by atoms with van der Waals surface area (Å²) in [5.74, 6) is 0.910. The number of amides is 2. The van der Waals surface area contributed by atoms with E-state index in [0.29, 0.717) is 39.5 Å². The third-order valence-corrected chi connectivity index (χ3v) is 13.3. The Morgan fingerprint density at radius 2 is 1.21 bits per heavy atom. The molecule has 9 nitrogen and oxygen atoms in total. The van der Waals surface area contributed by atoms with Crippen LogP contribution in [0.3, 0.4) is 0 Å². The fourth-order valence-electron chi connectivity index (χ4n) is 8.30. The van der Waals surface area contributed by atoms with Crippen LogP contribution in [0.15, 0.2) is 48.3 Å². The van der Waals surface area contributed by atoms with Gasteiger partial charge in [0.2, 0.25) is 11.8 Å². The van der Waals surface area contributed by atoms with Gasteiger partial charge in [0.05, 0.1) is 69.0 Å². The minimum Gasteiger partial charge on any atom is -0.370 e. The molecule has 1 atom stereocenters. The Bertz CT molecular complexity index is 1690. The Hall–Kier alpha value is -2.82. The van der Waals surface area contributed by atoms with E-state index < -0.39 is 0 Å². The van der Waals surface area contributed by atoms with Gasteiger partial charge in [0, 0.05) is 45.6 Å². The Morgan fingerprint density at radius 3 is 1.81 bits per heavy atom. The van der Waals surface area contributed by atoms with Crippen LogP contribution in [-0.2, 0) is 9.59 Å². The molecule has 2 aliphatic heterocycles. The summed E-state index contributed by atoms with van der Waals surface area (Å²) in [6.45, 7) is 19.9. The fourth-order valence-corrected chi connectivity index (χ4v) is 8.93. The van der Waals surface area contributed by atoms with E-state index in [0.717, 1.165) is 99.7 Å². The van der Waals surface area contributed by atoms with Crippen molar-refractivity contribution in [1.82, 2.24) is 5.32 Å². The van der Waals surface area contributed by atoms with Gasteiger partial charge in [-0.25, -0.2) is 0 Å². The lowest BCUT2D eigenvalue weighted by molar-refractivity contribution is -0.923. The molecule has 0 aromatic heterocycles. The summed E-state index contributed by atoms with van der Waals surface area (Å²) >= 11 is 26.4. The number of likely N-dealkylation sites (N-methyl/N-ethyl adjacent to an activating group) is 1. The second kappa shape index (κ2) is 23.1. The fraction of sp³-hybridized carbons (Fsp3) is 0.591. The van der Waals surface area contributed by atoms with Crippen LogP contribution in [0.1, 0.15) is 105 Å². The Kier molecular flexibility index (Phi) is 19.0. The number of quaternary nitrogens is 1. The number of allylic oxidation sites excluding steroid dienone is 2. The lowest BCUT2D eigenvalue weighted by atomic mass is 10.1. The number of rotatable bonds is 25. The number of unbranched alkanes of at least 4 members (excludes halogenated alkanes) is 6. The van der Waals surface area contributed by atoms with Crippen LogP contribution >= 0.6 is 46.4 Å². The van der Waals surface area contributed by atoms with Crippen LogP contribution in [0, 0.1) is 0 Å². The molecule has 0 fully saturated rings. The number of nitrogens with zero attached hydrogens (tertiary/aromatic N) is 5. The Morgan fingerprint density at radius 1 is 0.667 bits per heavy atom. The van der Waals surface area contributed by atoms with Crippen LogP contribution in [0.4, 0.5) is 22.7 Å². The summed E-state index contributed by atoms with van der Waals surface area (Å²) in [5, 5.41) is 5.21. The number of halogens is 4. The number of benzene rings is 2. The first kappa shape index (κ1) is 46.9. The van der Waals surface area contributed by atoms with Crippen LogP contribution in [0.2, 0.25) is 20.1 Å². The highest BCUT2D eigenvalue weighted by molar-refractivity contribution is 6.43. The van der Waals surface area contributed by atoms with Gasteiger partial charge in [-0.3, -0.25) is 9.59 Å². The predicted molar refractivity (Wildman–Crippen MR) is 244 cm³/mol. The summed E-state index contributed by atoms with van der Waals surface area (Å²) < 4.78 is 1.18. The first-order valence-electron chi connectivity index (χ1n) is 21.3. The summed E-state index contributed by atoms with van der Waals surface area (Å²) in [7, 11) is 0. The number of nitrogens with one attached hydrogen (secondary N) is 1. The molecule has 2 heterocycles. The van der Waals surface area contributed by atoms with Crippen molar-refractivity contribution in [2.75, 3.05) is 78.5 Å². The van der Waals surface area contributed by atoms with Gasteiger partial charge in [0.25, 0.3) is 0 Å². The standard InChI is InChI=1S/C44H65Cl4N7O2/c1-6-51-37-29-33(45)35(47)31-39(37)53(26-17-12-15-22-42(57)50-25-16-11-14-21-41(49)56)43(51)23-20-24-44-52(7-2)38-30-34(46)36(48)32-40(38)54(44)27-18-13-19-28-55(8-3,9-4)10-5/h20,23-24,29-32,43H,6-19,21-22,25-28H2,1-5H3,(H2-,49,50,56,57)/p+1. The molecule has 1 unspecified atom stereocenters. The van der Waals surface area contributed by atoms with E-state index in [-0.39, 0.29) is 18.0 Å². The number of carbonyl (C=O) groups excluding carboxylic acids is 2. The zero-order valence-electron chi connectivity index (χ0n) is 34.9. The third-order valence-electron chi connectivity index (χ3n) is 11.9. The van der Waals surface area contributed by atoms with Gasteiger partial charge in [-0.1, -0.05) is 65.3 Å². The van der Waals surface area contributed by atoms with Crippen molar-refractivity contribution in [3.63, 3.8) is 0 Å². The van der Waals surface area contributed by atoms with Crippen molar-refractivity contribution >= 4 is 81.0 Å². The summed E-state index contributed by atoms with van der Waals surface area (Å²) in [6, 6.07) is 7.97. The SMILES string of the molecule is CCN1C(=CC=CC2N(CC)c3cc(Cl)c(Cl)cc3N2CCCCCC(=O)NCCCCCC(N)=O)N(CCCCC[N+](CC)(CC)CC)c2cc(Cl)c(Cl)cc21. The maximum absolute atomic E-state index is 12.5. The molecule has 0 saturated heterocycles. The van der Waals surface area contributed by atoms with Gasteiger partial charge in [-0.05, 0) is 116 Å². The summed E-state index contributed by atoms with van der Waals surface area (Å²) in [4.78, 5) is 32.9. The van der Waals surface area contributed by atoms with Crippen molar-refractivity contribution in [3.05, 3.63) is 68.4 Å². The number of primary amides is 1. The maximum atomic E-state index is 12.5. The van der Waals surface area contributed by atoms with Crippen molar-refractivity contribution in [1.29, 1.82) is 0 Å². The summed E-state index contributed by atoms with van der Waals surface area (Å²) in [6.07, 6.45) is 16.1. The van der Waals surface area contributed by atoms with Gasteiger partial charge >= 0.3 is 0 Å². The van der Waals surface area contributed by atoms with Crippen LogP contribution in [0.5, 0.6) is 0 Å². The van der Waals surface area contributed by atoms with Crippen molar-refractivity contribution < 1.29 is 14.1 Å². The van der Waals surface area contributed by atoms with Gasteiger partial charge in [-0.15, -0.1) is 0 Å². The molecular weight excluding hydrogens is 800 g/mol. The average molecular weight is 867 g/mol. The van der Waals surface area contributed by atoms with E-state index in [1.165, 1.54) is 43.5 Å². The van der Waals surface area contributed by atoms with E-state index >= 15 is 0 Å². The molecule has 0 bridgehead atoms. The second-order valence-electron chi connectivity index (χ2n) is 15.2. The number of carbonyl (C=O) groups is 2. The molecule has 0 aliphatic carbocycles. The molecule has 2 aromatic rings. The maximum Gasteiger partial charge on any atom is 0.219 e. The molecule has 2 aliphatic rings. The predicted octanol–water partition coefficient (Wildman–Crippen LogP) is 10.8. The summed E-state index contributed by atoms with van der Waals surface area (Å²) in [5.41, 5.74) is 9.51. The normalized spacial score (nSPS) is 16.0. The van der Waals surface area contributed by atoms with E-state index in [9.17, 15) is 9.59 Å². The topological polar surface area (TPSA) is 85.1 Å². The van der Waals surface area contributed by atoms with Crippen LogP contribution < -0.4 is 30.7 Å².